The van der Waals surface area contributed by atoms with Gasteiger partial charge in [-0.1, -0.05) is 62.1 Å². The van der Waals surface area contributed by atoms with E-state index in [1.54, 1.807) is 6.20 Å². The fourth-order valence-corrected chi connectivity index (χ4v) is 4.43. The number of thiazole rings is 1. The molecule has 0 aliphatic rings. The van der Waals surface area contributed by atoms with Crippen molar-refractivity contribution in [1.29, 1.82) is 0 Å². The molecule has 3 aromatic rings. The molecule has 162 valence electrons. The third-order valence-corrected chi connectivity index (χ3v) is 10.5. The van der Waals surface area contributed by atoms with Gasteiger partial charge in [0.05, 0.1) is 6.20 Å². The lowest BCUT2D eigenvalue weighted by atomic mass is 10.2. The lowest BCUT2D eigenvalue weighted by Crippen LogP contribution is -2.43. The number of aromatic nitrogens is 1. The minimum atomic E-state index is -1.83. The van der Waals surface area contributed by atoms with Crippen LogP contribution >= 0.6 is 11.3 Å². The summed E-state index contributed by atoms with van der Waals surface area (Å²) in [6.45, 7) is 13.2. The van der Waals surface area contributed by atoms with Crippen LogP contribution in [0, 0.1) is 11.8 Å². The van der Waals surface area contributed by atoms with Crippen LogP contribution in [0.5, 0.6) is 22.4 Å². The molecule has 0 aliphatic heterocycles. The third kappa shape index (κ3) is 6.69. The minimum Gasteiger partial charge on any atom is -0.457 e. The van der Waals surface area contributed by atoms with Crippen molar-refractivity contribution in [2.75, 3.05) is 0 Å². The Balaban J connectivity index is 1.57. The maximum Gasteiger partial charge on any atom is 0.279 e. The van der Waals surface area contributed by atoms with E-state index in [-0.39, 0.29) is 11.1 Å². The summed E-state index contributed by atoms with van der Waals surface area (Å²) in [6, 6.07) is 17.1. The predicted molar refractivity (Wildman–Crippen MR) is 130 cm³/mol. The fraction of sp³-hybridized carbons (Fsp3) is 0.320. The van der Waals surface area contributed by atoms with Crippen LogP contribution in [0.15, 0.2) is 60.8 Å². The standard InChI is InChI=1S/C25H29NO3SSi/c1-19(29-31(5,6)25(2,3)4)12-17-23-18-26-24(30-23)28-22-15-13-21(14-16-22)27-20-10-8-7-9-11-20/h7-11,13-16,18-19H,1-6H3. The van der Waals surface area contributed by atoms with E-state index in [4.69, 9.17) is 13.9 Å². The predicted octanol–water partition coefficient (Wildman–Crippen LogP) is 7.49. The van der Waals surface area contributed by atoms with Crippen LogP contribution < -0.4 is 9.47 Å². The van der Waals surface area contributed by atoms with Gasteiger partial charge < -0.3 is 13.9 Å². The molecule has 31 heavy (non-hydrogen) atoms. The molecule has 0 saturated heterocycles. The quantitative estimate of drug-likeness (QED) is 0.287. The summed E-state index contributed by atoms with van der Waals surface area (Å²) < 4.78 is 17.9. The summed E-state index contributed by atoms with van der Waals surface area (Å²) in [5, 5.41) is 0.717. The molecule has 3 rings (SSSR count). The second-order valence-corrected chi connectivity index (χ2v) is 14.5. The Morgan fingerprint density at radius 1 is 0.903 bits per heavy atom. The zero-order chi connectivity index (χ0) is 22.5. The van der Waals surface area contributed by atoms with Crippen LogP contribution in [0.1, 0.15) is 32.6 Å². The van der Waals surface area contributed by atoms with E-state index >= 15 is 0 Å². The van der Waals surface area contributed by atoms with Crippen molar-refractivity contribution in [3.05, 3.63) is 65.7 Å². The zero-order valence-electron chi connectivity index (χ0n) is 18.9. The number of ether oxygens (including phenoxy) is 2. The molecule has 1 aromatic heterocycles. The van der Waals surface area contributed by atoms with Crippen LogP contribution in [0.3, 0.4) is 0 Å². The molecule has 1 unspecified atom stereocenters. The van der Waals surface area contributed by atoms with Crippen molar-refractivity contribution in [3.8, 4) is 34.3 Å². The molecule has 0 saturated carbocycles. The van der Waals surface area contributed by atoms with Gasteiger partial charge in [0.2, 0.25) is 0 Å². The second-order valence-electron chi connectivity index (χ2n) is 8.77. The van der Waals surface area contributed by atoms with Crippen LogP contribution in [-0.2, 0) is 4.43 Å². The molecule has 1 atom stereocenters. The van der Waals surface area contributed by atoms with Gasteiger partial charge in [-0.2, -0.15) is 0 Å². The summed E-state index contributed by atoms with van der Waals surface area (Å²) in [6.07, 6.45) is 1.61. The summed E-state index contributed by atoms with van der Waals surface area (Å²) in [5.41, 5.74) is 0. The first-order valence-corrected chi connectivity index (χ1v) is 14.0. The van der Waals surface area contributed by atoms with Gasteiger partial charge in [-0.05, 0) is 61.5 Å². The minimum absolute atomic E-state index is 0.121. The Morgan fingerprint density at radius 2 is 1.48 bits per heavy atom. The maximum absolute atomic E-state index is 6.29. The van der Waals surface area contributed by atoms with E-state index < -0.39 is 8.32 Å². The van der Waals surface area contributed by atoms with Crippen LogP contribution in [0.25, 0.3) is 0 Å². The number of para-hydroxylation sites is 1. The van der Waals surface area contributed by atoms with Gasteiger partial charge >= 0.3 is 0 Å². The van der Waals surface area contributed by atoms with Gasteiger partial charge in [0.15, 0.2) is 8.32 Å². The van der Waals surface area contributed by atoms with E-state index in [2.05, 4.69) is 50.7 Å². The molecule has 0 bridgehead atoms. The molecule has 2 aromatic carbocycles. The van der Waals surface area contributed by atoms with Gasteiger partial charge in [0, 0.05) is 0 Å². The highest BCUT2D eigenvalue weighted by Gasteiger charge is 2.38. The van der Waals surface area contributed by atoms with E-state index in [9.17, 15) is 0 Å². The molecule has 0 aliphatic carbocycles. The number of hydrogen-bond donors (Lipinski definition) is 0. The topological polar surface area (TPSA) is 40.6 Å². The summed E-state index contributed by atoms with van der Waals surface area (Å²) in [7, 11) is -1.83. The average molecular weight is 452 g/mol. The van der Waals surface area contributed by atoms with E-state index in [0.29, 0.717) is 10.9 Å². The maximum atomic E-state index is 6.29. The lowest BCUT2D eigenvalue weighted by Gasteiger charge is -2.37. The Morgan fingerprint density at radius 3 is 2.10 bits per heavy atom. The summed E-state index contributed by atoms with van der Waals surface area (Å²) in [4.78, 5) is 5.18. The van der Waals surface area contributed by atoms with Crippen LogP contribution in [0.4, 0.5) is 0 Å². The molecular weight excluding hydrogens is 422 g/mol. The lowest BCUT2D eigenvalue weighted by molar-refractivity contribution is 0.251. The van der Waals surface area contributed by atoms with E-state index in [0.717, 1.165) is 16.4 Å². The Labute approximate surface area is 190 Å². The van der Waals surface area contributed by atoms with Crippen molar-refractivity contribution < 1.29 is 13.9 Å². The van der Waals surface area contributed by atoms with Gasteiger partial charge in [0.25, 0.3) is 5.19 Å². The van der Waals surface area contributed by atoms with E-state index in [1.165, 1.54) is 11.3 Å². The number of rotatable bonds is 6. The zero-order valence-corrected chi connectivity index (χ0v) is 20.7. The highest BCUT2D eigenvalue weighted by atomic mass is 32.1. The van der Waals surface area contributed by atoms with Gasteiger partial charge in [-0.25, -0.2) is 4.98 Å². The van der Waals surface area contributed by atoms with E-state index in [1.807, 2.05) is 61.5 Å². The molecule has 0 N–H and O–H groups in total. The van der Waals surface area contributed by atoms with Crippen molar-refractivity contribution in [1.82, 2.24) is 4.98 Å². The number of benzene rings is 2. The van der Waals surface area contributed by atoms with Crippen LogP contribution in [0.2, 0.25) is 18.1 Å². The smallest absolute Gasteiger partial charge is 0.279 e. The fourth-order valence-electron chi connectivity index (χ4n) is 2.49. The van der Waals surface area contributed by atoms with Crippen molar-refractivity contribution in [2.24, 2.45) is 0 Å². The first kappa shape index (κ1) is 23.1. The second kappa shape index (κ2) is 9.69. The highest BCUT2D eigenvalue weighted by Crippen LogP contribution is 2.37. The Bertz CT molecular complexity index is 1040. The van der Waals surface area contributed by atoms with Gasteiger partial charge in [-0.15, -0.1) is 0 Å². The molecule has 0 fully saturated rings. The third-order valence-electron chi connectivity index (χ3n) is 5.17. The average Bonchev–Trinajstić information content (AvgIpc) is 3.15. The van der Waals surface area contributed by atoms with Crippen molar-refractivity contribution >= 4 is 19.7 Å². The number of nitrogens with zero attached hydrogens (tertiary/aromatic N) is 1. The first-order chi connectivity index (χ1) is 14.6. The molecule has 0 amide bonds. The van der Waals surface area contributed by atoms with Crippen molar-refractivity contribution in [3.63, 3.8) is 0 Å². The molecule has 0 radical (unpaired) electrons. The van der Waals surface area contributed by atoms with Crippen LogP contribution in [-0.4, -0.2) is 19.4 Å². The largest absolute Gasteiger partial charge is 0.457 e. The summed E-state index contributed by atoms with van der Waals surface area (Å²) in [5.74, 6) is 8.61. The molecular formula is C25H29NO3SSi. The normalized spacial score (nSPS) is 12.6. The highest BCUT2D eigenvalue weighted by molar-refractivity contribution is 7.13. The molecule has 6 heteroatoms. The monoisotopic (exact) mass is 451 g/mol. The summed E-state index contributed by atoms with van der Waals surface area (Å²) >= 11 is 1.42. The first-order valence-electron chi connectivity index (χ1n) is 10.3. The molecule has 0 spiro atoms. The Hall–Kier alpha value is -2.59. The Kier molecular flexibility index (Phi) is 7.21. The van der Waals surface area contributed by atoms with Crippen molar-refractivity contribution in [2.45, 2.75) is 51.9 Å². The molecule has 1 heterocycles. The van der Waals surface area contributed by atoms with Gasteiger partial charge in [0.1, 0.15) is 28.2 Å². The van der Waals surface area contributed by atoms with Gasteiger partial charge in [-0.3, -0.25) is 0 Å². The molecule has 4 nitrogen and oxygen atoms in total. The SMILES string of the molecule is CC(C#Cc1cnc(Oc2ccc(Oc3ccccc3)cc2)s1)O[Si](C)(C)C(C)(C)C. The number of hydrogen-bond acceptors (Lipinski definition) is 5.